The summed E-state index contributed by atoms with van der Waals surface area (Å²) >= 11 is 0. The van der Waals surface area contributed by atoms with Gasteiger partial charge in [0.05, 0.1) is 11.3 Å². The van der Waals surface area contributed by atoms with Crippen LogP contribution in [0.2, 0.25) is 0 Å². The summed E-state index contributed by atoms with van der Waals surface area (Å²) < 4.78 is 27.2. The molecule has 0 aromatic heterocycles. The number of hydrogen-bond acceptors (Lipinski definition) is 2. The summed E-state index contributed by atoms with van der Waals surface area (Å²) in [5, 5.41) is 8.96. The molecule has 6 heteroatoms. The predicted molar refractivity (Wildman–Crippen MR) is 75.1 cm³/mol. The van der Waals surface area contributed by atoms with Crippen LogP contribution in [0.5, 0.6) is 0 Å². The Kier molecular flexibility index (Phi) is 3.36. The van der Waals surface area contributed by atoms with Gasteiger partial charge in [-0.25, -0.2) is 13.6 Å². The van der Waals surface area contributed by atoms with Gasteiger partial charge in [-0.3, -0.25) is 4.79 Å². The lowest BCUT2D eigenvalue weighted by Crippen LogP contribution is -2.29. The number of carboxylic acids is 1. The molecule has 0 radical (unpaired) electrons. The minimum absolute atomic E-state index is 0.0233. The molecule has 3 rings (SSSR count). The van der Waals surface area contributed by atoms with E-state index in [2.05, 4.69) is 0 Å². The third-order valence-electron chi connectivity index (χ3n) is 3.58. The Balaban J connectivity index is 1.99. The number of hydrogen-bond donors (Lipinski definition) is 1. The summed E-state index contributed by atoms with van der Waals surface area (Å²) in [6.07, 6.45) is 0.356. The van der Waals surface area contributed by atoms with Crippen molar-refractivity contribution in [3.63, 3.8) is 0 Å². The van der Waals surface area contributed by atoms with Gasteiger partial charge in [-0.15, -0.1) is 0 Å². The third-order valence-corrected chi connectivity index (χ3v) is 3.58. The van der Waals surface area contributed by atoms with E-state index < -0.39 is 23.5 Å². The van der Waals surface area contributed by atoms with Crippen molar-refractivity contribution in [3.8, 4) is 0 Å². The van der Waals surface area contributed by atoms with Crippen molar-refractivity contribution < 1.29 is 23.5 Å². The minimum Gasteiger partial charge on any atom is -0.478 e. The largest absolute Gasteiger partial charge is 0.478 e. The van der Waals surface area contributed by atoms with Crippen LogP contribution in [0.4, 0.5) is 14.5 Å². The molecular formula is C16H11F2NO3. The molecule has 2 aromatic rings. The summed E-state index contributed by atoms with van der Waals surface area (Å²) in [6, 6.07) is 7.47. The maximum Gasteiger partial charge on any atom is 0.335 e. The van der Waals surface area contributed by atoms with Crippen molar-refractivity contribution in [3.05, 3.63) is 64.7 Å². The summed E-state index contributed by atoms with van der Waals surface area (Å²) in [4.78, 5) is 24.7. The Morgan fingerprint density at radius 1 is 1.09 bits per heavy atom. The van der Waals surface area contributed by atoms with Crippen LogP contribution in [0.1, 0.15) is 26.3 Å². The molecule has 2 aromatic carbocycles. The zero-order valence-electron chi connectivity index (χ0n) is 11.3. The number of anilines is 1. The fourth-order valence-corrected chi connectivity index (χ4v) is 2.60. The molecule has 0 aliphatic carbocycles. The highest BCUT2D eigenvalue weighted by molar-refractivity contribution is 6.08. The SMILES string of the molecule is O=C(O)c1cccc(C(=O)N2CCc3cc(F)cc(F)c32)c1. The molecule has 1 aliphatic rings. The summed E-state index contributed by atoms with van der Waals surface area (Å²) in [7, 11) is 0. The van der Waals surface area contributed by atoms with Gasteiger partial charge in [-0.1, -0.05) is 6.07 Å². The number of carboxylic acid groups (broad SMARTS) is 1. The van der Waals surface area contributed by atoms with Gasteiger partial charge in [0.25, 0.3) is 5.91 Å². The fraction of sp³-hybridized carbons (Fsp3) is 0.125. The molecular weight excluding hydrogens is 292 g/mol. The van der Waals surface area contributed by atoms with Gasteiger partial charge < -0.3 is 10.0 Å². The van der Waals surface area contributed by atoms with Gasteiger partial charge in [-0.05, 0) is 36.2 Å². The summed E-state index contributed by atoms with van der Waals surface area (Å²) in [5.74, 6) is -3.13. The maximum absolute atomic E-state index is 14.0. The molecule has 22 heavy (non-hydrogen) atoms. The van der Waals surface area contributed by atoms with Crippen LogP contribution in [-0.2, 0) is 6.42 Å². The lowest BCUT2D eigenvalue weighted by Gasteiger charge is -2.18. The van der Waals surface area contributed by atoms with Crippen molar-refractivity contribution in [2.45, 2.75) is 6.42 Å². The van der Waals surface area contributed by atoms with Crippen LogP contribution in [0.25, 0.3) is 0 Å². The highest BCUT2D eigenvalue weighted by Gasteiger charge is 2.29. The smallest absolute Gasteiger partial charge is 0.335 e. The first-order valence-electron chi connectivity index (χ1n) is 6.60. The summed E-state index contributed by atoms with van der Waals surface area (Å²) in [6.45, 7) is 0.228. The van der Waals surface area contributed by atoms with E-state index >= 15 is 0 Å². The van der Waals surface area contributed by atoms with Crippen LogP contribution in [0, 0.1) is 11.6 Å². The van der Waals surface area contributed by atoms with Crippen LogP contribution in [0.15, 0.2) is 36.4 Å². The third kappa shape index (κ3) is 2.32. The molecule has 1 heterocycles. The zero-order valence-corrected chi connectivity index (χ0v) is 11.3. The van der Waals surface area contributed by atoms with Crippen molar-refractivity contribution in [1.29, 1.82) is 0 Å². The molecule has 0 fully saturated rings. The second kappa shape index (κ2) is 5.22. The lowest BCUT2D eigenvalue weighted by atomic mass is 10.1. The molecule has 1 N–H and O–H groups in total. The average molecular weight is 303 g/mol. The Bertz CT molecular complexity index is 789. The number of fused-ring (bicyclic) bond motifs is 1. The fourth-order valence-electron chi connectivity index (χ4n) is 2.60. The minimum atomic E-state index is -1.15. The number of carbonyl (C=O) groups excluding carboxylic acids is 1. The van der Waals surface area contributed by atoms with E-state index in [0.717, 1.165) is 6.07 Å². The van der Waals surface area contributed by atoms with Gasteiger partial charge in [-0.2, -0.15) is 0 Å². The highest BCUT2D eigenvalue weighted by Crippen LogP contribution is 2.33. The number of aromatic carboxylic acids is 1. The van der Waals surface area contributed by atoms with Crippen LogP contribution >= 0.6 is 0 Å². The molecule has 1 amide bonds. The predicted octanol–water partition coefficient (Wildman–Crippen LogP) is 2.87. The standard InChI is InChI=1S/C16H11F2NO3/c17-12-7-9-4-5-19(14(9)13(18)8-12)15(20)10-2-1-3-11(6-10)16(21)22/h1-3,6-8H,4-5H2,(H,21,22). The molecule has 0 spiro atoms. The van der Waals surface area contributed by atoms with Crippen molar-refractivity contribution in [2.24, 2.45) is 0 Å². The van der Waals surface area contributed by atoms with E-state index in [9.17, 15) is 18.4 Å². The Morgan fingerprint density at radius 3 is 2.55 bits per heavy atom. The first kappa shape index (κ1) is 14.2. The van der Waals surface area contributed by atoms with Gasteiger partial charge in [0.15, 0.2) is 0 Å². The molecule has 4 nitrogen and oxygen atoms in total. The Labute approximate surface area is 124 Å². The van der Waals surface area contributed by atoms with Crippen molar-refractivity contribution in [1.82, 2.24) is 0 Å². The maximum atomic E-state index is 14.0. The van der Waals surface area contributed by atoms with Crippen LogP contribution < -0.4 is 4.90 Å². The molecule has 0 bridgehead atoms. The van der Waals surface area contributed by atoms with E-state index in [0.29, 0.717) is 12.0 Å². The molecule has 0 saturated heterocycles. The van der Waals surface area contributed by atoms with E-state index in [1.165, 1.54) is 35.2 Å². The highest BCUT2D eigenvalue weighted by atomic mass is 19.1. The van der Waals surface area contributed by atoms with Crippen molar-refractivity contribution in [2.75, 3.05) is 11.4 Å². The first-order valence-corrected chi connectivity index (χ1v) is 6.60. The van der Waals surface area contributed by atoms with Crippen molar-refractivity contribution >= 4 is 17.6 Å². The zero-order chi connectivity index (χ0) is 15.9. The monoisotopic (exact) mass is 303 g/mol. The molecule has 0 atom stereocenters. The molecule has 0 unspecified atom stereocenters. The van der Waals surface area contributed by atoms with Gasteiger partial charge in [0.1, 0.15) is 11.6 Å². The number of nitrogens with zero attached hydrogens (tertiary/aromatic N) is 1. The first-order chi connectivity index (χ1) is 10.5. The molecule has 0 saturated carbocycles. The normalized spacial score (nSPS) is 13.1. The van der Waals surface area contributed by atoms with Crippen LogP contribution in [0.3, 0.4) is 0 Å². The Hall–Kier alpha value is -2.76. The second-order valence-corrected chi connectivity index (χ2v) is 4.99. The second-order valence-electron chi connectivity index (χ2n) is 4.99. The van der Waals surface area contributed by atoms with E-state index in [1.807, 2.05) is 0 Å². The van der Waals surface area contributed by atoms with Crippen LogP contribution in [-0.4, -0.2) is 23.5 Å². The number of halogens is 2. The topological polar surface area (TPSA) is 57.6 Å². The lowest BCUT2D eigenvalue weighted by molar-refractivity contribution is 0.0697. The number of benzene rings is 2. The number of carbonyl (C=O) groups is 2. The number of amides is 1. The van der Waals surface area contributed by atoms with Gasteiger partial charge in [0.2, 0.25) is 0 Å². The quantitative estimate of drug-likeness (QED) is 0.928. The molecule has 1 aliphatic heterocycles. The van der Waals surface area contributed by atoms with E-state index in [1.54, 1.807) is 0 Å². The van der Waals surface area contributed by atoms with Gasteiger partial charge >= 0.3 is 5.97 Å². The average Bonchev–Trinajstić information content (AvgIpc) is 2.90. The summed E-state index contributed by atoms with van der Waals surface area (Å²) in [5.41, 5.74) is 0.619. The van der Waals surface area contributed by atoms with E-state index in [-0.39, 0.29) is 23.4 Å². The van der Waals surface area contributed by atoms with E-state index in [4.69, 9.17) is 5.11 Å². The van der Waals surface area contributed by atoms with Gasteiger partial charge in [0, 0.05) is 18.2 Å². The Morgan fingerprint density at radius 2 is 1.82 bits per heavy atom. The molecule has 112 valence electrons. The number of rotatable bonds is 2.